The summed E-state index contributed by atoms with van der Waals surface area (Å²) in [5.74, 6) is 0. The first-order valence-electron chi connectivity index (χ1n) is 5.03. The molecule has 90 valence electrons. The Balaban J connectivity index is 2.27. The zero-order valence-corrected chi connectivity index (χ0v) is 9.94. The molecule has 1 aromatic heterocycles. The fourth-order valence-electron chi connectivity index (χ4n) is 1.17. The maximum Gasteiger partial charge on any atom is 0.288 e. The summed E-state index contributed by atoms with van der Waals surface area (Å²) >= 11 is 5.59. The van der Waals surface area contributed by atoms with Gasteiger partial charge < -0.3 is 14.0 Å². The van der Waals surface area contributed by atoms with Crippen molar-refractivity contribution in [2.75, 3.05) is 26.9 Å². The standard InChI is InChI=1S/C10H15ClN2O3/c1-15-6-2-7-16-8-5-13-4-3-12-9(11)10(13)14/h3-4H,2,5-8H2,1H3. The largest absolute Gasteiger partial charge is 0.385 e. The molecule has 1 rings (SSSR count). The van der Waals surface area contributed by atoms with Gasteiger partial charge in [-0.2, -0.15) is 0 Å². The van der Waals surface area contributed by atoms with Crippen molar-refractivity contribution in [2.24, 2.45) is 0 Å². The van der Waals surface area contributed by atoms with E-state index in [1.54, 1.807) is 13.3 Å². The monoisotopic (exact) mass is 246 g/mol. The molecule has 6 heteroatoms. The molecule has 0 fully saturated rings. The van der Waals surface area contributed by atoms with E-state index < -0.39 is 0 Å². The summed E-state index contributed by atoms with van der Waals surface area (Å²) in [6, 6.07) is 0. The summed E-state index contributed by atoms with van der Waals surface area (Å²) in [5.41, 5.74) is -0.287. The van der Waals surface area contributed by atoms with Crippen molar-refractivity contribution < 1.29 is 9.47 Å². The van der Waals surface area contributed by atoms with Crippen LogP contribution in [0, 0.1) is 0 Å². The lowest BCUT2D eigenvalue weighted by Crippen LogP contribution is -2.23. The lowest BCUT2D eigenvalue weighted by molar-refractivity contribution is 0.0972. The van der Waals surface area contributed by atoms with Gasteiger partial charge in [0.25, 0.3) is 5.56 Å². The van der Waals surface area contributed by atoms with Gasteiger partial charge in [0, 0.05) is 39.3 Å². The molecule has 0 amide bonds. The lowest BCUT2D eigenvalue weighted by Gasteiger charge is -2.06. The van der Waals surface area contributed by atoms with Crippen molar-refractivity contribution in [2.45, 2.75) is 13.0 Å². The Morgan fingerprint density at radius 3 is 3.00 bits per heavy atom. The normalized spacial score (nSPS) is 10.6. The van der Waals surface area contributed by atoms with Crippen LogP contribution in [0.4, 0.5) is 0 Å². The fourth-order valence-corrected chi connectivity index (χ4v) is 1.33. The Morgan fingerprint density at radius 1 is 1.44 bits per heavy atom. The molecule has 0 saturated heterocycles. The predicted molar refractivity (Wildman–Crippen MR) is 60.8 cm³/mol. The fraction of sp³-hybridized carbons (Fsp3) is 0.600. The molecule has 0 aromatic carbocycles. The number of methoxy groups -OCH3 is 1. The molecular weight excluding hydrogens is 232 g/mol. The van der Waals surface area contributed by atoms with Crippen LogP contribution < -0.4 is 5.56 Å². The van der Waals surface area contributed by atoms with Gasteiger partial charge in [-0.1, -0.05) is 11.6 Å². The maximum absolute atomic E-state index is 11.4. The van der Waals surface area contributed by atoms with Gasteiger partial charge in [0.15, 0.2) is 5.15 Å². The van der Waals surface area contributed by atoms with E-state index in [1.807, 2.05) is 0 Å². The Kier molecular flexibility index (Phi) is 6.07. The molecule has 0 N–H and O–H groups in total. The van der Waals surface area contributed by atoms with E-state index in [1.165, 1.54) is 10.8 Å². The van der Waals surface area contributed by atoms with E-state index in [2.05, 4.69) is 4.98 Å². The summed E-state index contributed by atoms with van der Waals surface area (Å²) in [6.07, 6.45) is 3.93. The maximum atomic E-state index is 11.4. The molecule has 0 saturated carbocycles. The number of hydrogen-bond donors (Lipinski definition) is 0. The summed E-state index contributed by atoms with van der Waals surface area (Å²) in [7, 11) is 1.65. The van der Waals surface area contributed by atoms with E-state index in [4.69, 9.17) is 21.1 Å². The zero-order valence-electron chi connectivity index (χ0n) is 9.19. The molecule has 0 radical (unpaired) electrons. The summed E-state index contributed by atoms with van der Waals surface area (Å²) < 4.78 is 11.7. The van der Waals surface area contributed by atoms with Crippen molar-refractivity contribution in [3.63, 3.8) is 0 Å². The second-order valence-corrected chi connectivity index (χ2v) is 3.53. The van der Waals surface area contributed by atoms with Crippen molar-refractivity contribution in [1.82, 2.24) is 9.55 Å². The second-order valence-electron chi connectivity index (χ2n) is 3.18. The molecular formula is C10H15ClN2O3. The molecule has 0 aliphatic heterocycles. The van der Waals surface area contributed by atoms with Crippen LogP contribution in [-0.4, -0.2) is 36.5 Å². The van der Waals surface area contributed by atoms with Gasteiger partial charge in [0.1, 0.15) is 0 Å². The first-order chi connectivity index (χ1) is 7.75. The molecule has 0 atom stereocenters. The van der Waals surface area contributed by atoms with E-state index in [-0.39, 0.29) is 10.7 Å². The average Bonchev–Trinajstić information content (AvgIpc) is 2.29. The highest BCUT2D eigenvalue weighted by atomic mass is 35.5. The van der Waals surface area contributed by atoms with Crippen LogP contribution in [0.25, 0.3) is 0 Å². The van der Waals surface area contributed by atoms with Crippen LogP contribution in [0.5, 0.6) is 0 Å². The molecule has 0 spiro atoms. The predicted octanol–water partition coefficient (Wildman–Crippen LogP) is 0.950. The lowest BCUT2D eigenvalue weighted by atomic mass is 10.5. The van der Waals surface area contributed by atoms with Crippen LogP contribution in [-0.2, 0) is 16.0 Å². The average molecular weight is 247 g/mol. The second kappa shape index (κ2) is 7.38. The number of hydrogen-bond acceptors (Lipinski definition) is 4. The highest BCUT2D eigenvalue weighted by Gasteiger charge is 2.00. The third-order valence-electron chi connectivity index (χ3n) is 1.99. The Labute approximate surface area is 99.0 Å². The van der Waals surface area contributed by atoms with Gasteiger partial charge in [-0.05, 0) is 6.42 Å². The molecule has 16 heavy (non-hydrogen) atoms. The third kappa shape index (κ3) is 4.30. The van der Waals surface area contributed by atoms with Crippen LogP contribution in [0.2, 0.25) is 5.15 Å². The van der Waals surface area contributed by atoms with E-state index >= 15 is 0 Å². The number of rotatable bonds is 7. The highest BCUT2D eigenvalue weighted by molar-refractivity contribution is 6.29. The van der Waals surface area contributed by atoms with Crippen molar-refractivity contribution in [3.05, 3.63) is 27.9 Å². The minimum atomic E-state index is -0.287. The molecule has 5 nitrogen and oxygen atoms in total. The molecule has 0 aliphatic carbocycles. The van der Waals surface area contributed by atoms with Crippen LogP contribution in [0.1, 0.15) is 6.42 Å². The van der Waals surface area contributed by atoms with Crippen molar-refractivity contribution >= 4 is 11.6 Å². The molecule has 0 bridgehead atoms. The van der Waals surface area contributed by atoms with Crippen LogP contribution in [0.15, 0.2) is 17.2 Å². The Morgan fingerprint density at radius 2 is 2.25 bits per heavy atom. The number of halogens is 1. The molecule has 1 aromatic rings. The minimum absolute atomic E-state index is 0.0121. The van der Waals surface area contributed by atoms with Gasteiger partial charge in [0.05, 0.1) is 6.61 Å². The van der Waals surface area contributed by atoms with E-state index in [0.717, 1.165) is 6.42 Å². The SMILES string of the molecule is COCCCOCCn1ccnc(Cl)c1=O. The molecule has 1 heterocycles. The van der Waals surface area contributed by atoms with Gasteiger partial charge in [-0.15, -0.1) is 0 Å². The number of ether oxygens (including phenoxy) is 2. The number of nitrogens with zero attached hydrogens (tertiary/aromatic N) is 2. The van der Waals surface area contributed by atoms with Crippen molar-refractivity contribution in [1.29, 1.82) is 0 Å². The molecule has 0 unspecified atom stereocenters. The summed E-state index contributed by atoms with van der Waals surface area (Å²) in [4.78, 5) is 15.1. The first kappa shape index (κ1) is 13.2. The quantitative estimate of drug-likeness (QED) is 0.673. The smallest absolute Gasteiger partial charge is 0.288 e. The van der Waals surface area contributed by atoms with E-state index in [9.17, 15) is 4.79 Å². The zero-order chi connectivity index (χ0) is 11.8. The Hall–Kier alpha value is -0.910. The summed E-state index contributed by atoms with van der Waals surface area (Å²) in [6.45, 7) is 2.26. The topological polar surface area (TPSA) is 53.4 Å². The van der Waals surface area contributed by atoms with Gasteiger partial charge in [-0.25, -0.2) is 4.98 Å². The van der Waals surface area contributed by atoms with E-state index in [0.29, 0.717) is 26.4 Å². The van der Waals surface area contributed by atoms with Gasteiger partial charge in [0.2, 0.25) is 0 Å². The first-order valence-corrected chi connectivity index (χ1v) is 5.41. The highest BCUT2D eigenvalue weighted by Crippen LogP contribution is 1.93. The Bertz CT molecular complexity index is 367. The number of aromatic nitrogens is 2. The van der Waals surface area contributed by atoms with Crippen molar-refractivity contribution in [3.8, 4) is 0 Å². The minimum Gasteiger partial charge on any atom is -0.385 e. The molecule has 0 aliphatic rings. The third-order valence-corrected chi connectivity index (χ3v) is 2.24. The summed E-state index contributed by atoms with van der Waals surface area (Å²) in [5, 5.41) is -0.0121. The van der Waals surface area contributed by atoms with Crippen LogP contribution in [0.3, 0.4) is 0 Å². The van der Waals surface area contributed by atoms with Gasteiger partial charge >= 0.3 is 0 Å². The van der Waals surface area contributed by atoms with Crippen LogP contribution >= 0.6 is 11.6 Å². The van der Waals surface area contributed by atoms with Gasteiger partial charge in [-0.3, -0.25) is 4.79 Å².